The second kappa shape index (κ2) is 58.2. The molecule has 0 aliphatic heterocycles. The summed E-state index contributed by atoms with van der Waals surface area (Å²) in [7, 11) is -9.61. The number of carbonyl (C=O) groups excluding carboxylic acids is 4. The molecule has 0 aliphatic carbocycles. The third-order valence-electron chi connectivity index (χ3n) is 15.0. The Morgan fingerprint density at radius 3 is 0.697 bits per heavy atom. The van der Waals surface area contributed by atoms with Crippen LogP contribution < -0.4 is 0 Å². The van der Waals surface area contributed by atoms with E-state index >= 15 is 0 Å². The van der Waals surface area contributed by atoms with Crippen molar-refractivity contribution in [3.63, 3.8) is 0 Å². The fourth-order valence-corrected chi connectivity index (χ4v) is 10.9. The van der Waals surface area contributed by atoms with E-state index in [2.05, 4.69) is 76.3 Å². The summed E-state index contributed by atoms with van der Waals surface area (Å²) in [6, 6.07) is 6.19. The quantitative estimate of drug-likeness (QED) is 0.0150. The second-order valence-corrected chi connectivity index (χ2v) is 25.6. The zero-order chi connectivity index (χ0) is 64.6. The number of allylic oxidation sites excluding steroid dienone is 8. The number of rotatable bonds is 54. The van der Waals surface area contributed by atoms with Gasteiger partial charge in [0, 0.05) is 0 Å². The summed E-state index contributed by atoms with van der Waals surface area (Å²) in [5, 5.41) is 0. The van der Waals surface area contributed by atoms with Gasteiger partial charge in [0.15, 0.2) is 0 Å². The molecule has 0 unspecified atom stereocenters. The molecule has 0 saturated carbocycles. The van der Waals surface area contributed by atoms with E-state index in [-0.39, 0.29) is 86.4 Å². The third-order valence-corrected chi connectivity index (χ3v) is 16.7. The maximum absolute atomic E-state index is 12.8. The van der Waals surface area contributed by atoms with Crippen LogP contribution in [0.25, 0.3) is 0 Å². The largest absolute Gasteiger partial charge is 2.00 e. The van der Waals surface area contributed by atoms with Crippen molar-refractivity contribution in [2.45, 2.75) is 294 Å². The van der Waals surface area contributed by atoms with Gasteiger partial charge in [-0.25, -0.2) is 36.0 Å². The Hall–Kier alpha value is -3.64. The van der Waals surface area contributed by atoms with E-state index in [1.807, 2.05) is 0 Å². The molecule has 2 aromatic rings. The van der Waals surface area contributed by atoms with Crippen LogP contribution >= 0.6 is 0 Å². The van der Waals surface area contributed by atoms with E-state index in [4.69, 9.17) is 18.9 Å². The van der Waals surface area contributed by atoms with Gasteiger partial charge in [-0.2, -0.15) is 0 Å². The van der Waals surface area contributed by atoms with E-state index in [9.17, 15) is 45.1 Å². The van der Waals surface area contributed by atoms with Crippen molar-refractivity contribution in [2.75, 3.05) is 26.4 Å². The van der Waals surface area contributed by atoms with Gasteiger partial charge in [0.1, 0.15) is 20.2 Å². The fraction of sp³-hybridized carbons (Fsp3) is 0.667. The number of unbranched alkanes of at least 4 members (excludes halogenated alkanes) is 32. The predicted octanol–water partition coefficient (Wildman–Crippen LogP) is 19.3. The van der Waals surface area contributed by atoms with Gasteiger partial charge < -0.3 is 28.1 Å². The van der Waals surface area contributed by atoms with Crippen LogP contribution in [-0.4, -0.2) is 114 Å². The first kappa shape index (κ1) is 85.4. The van der Waals surface area contributed by atoms with Crippen molar-refractivity contribution in [3.05, 3.63) is 107 Å². The molecule has 0 aliphatic rings. The molecule has 2 rings (SSSR count). The van der Waals surface area contributed by atoms with E-state index < -0.39 is 53.9 Å². The molecule has 17 heteroatoms. The average Bonchev–Trinajstić information content (AvgIpc) is 3.12. The van der Waals surface area contributed by atoms with Crippen molar-refractivity contribution in [1.82, 2.24) is 0 Å². The van der Waals surface area contributed by atoms with Crippen molar-refractivity contribution < 1.29 is 64.1 Å². The average molecular weight is 1310 g/mol. The van der Waals surface area contributed by atoms with Crippen LogP contribution in [-0.2, 0) is 39.2 Å². The molecule has 0 aromatic heterocycles. The number of esters is 4. The van der Waals surface area contributed by atoms with Crippen molar-refractivity contribution in [3.8, 4) is 0 Å². The van der Waals surface area contributed by atoms with Crippen LogP contribution in [0.4, 0.5) is 0 Å². The standard InChI is InChI=1S/2C36H58O7S.Ca/c2*1-3-5-7-9-11-13-15-17-19-21-23-25-29-42-35(37)33-28-27-32(44(39,40)41)31-34(33)36(38)43-30-26-24-22-20-18-16-14-12-10-8-6-4-2;/h2*5-8,27-28,31H,3-4,9-26,29-30H2,1-2H3,(H,39,40,41);/q;;+2/p-2/b2*7-5+,8-6+;. The van der Waals surface area contributed by atoms with E-state index in [1.165, 1.54) is 103 Å². The van der Waals surface area contributed by atoms with Gasteiger partial charge in [0.05, 0.1) is 58.5 Å². The summed E-state index contributed by atoms with van der Waals surface area (Å²) in [6.45, 7) is 9.29. The molecule has 0 spiro atoms. The van der Waals surface area contributed by atoms with Crippen LogP contribution in [0.15, 0.2) is 94.8 Å². The number of hydrogen-bond donors (Lipinski definition) is 0. The molecule has 0 atom stereocenters. The first-order chi connectivity index (χ1) is 42.6. The Balaban J connectivity index is 0.00000172. The zero-order valence-electron chi connectivity index (χ0n) is 55.4. The van der Waals surface area contributed by atoms with E-state index in [0.29, 0.717) is 25.7 Å². The van der Waals surface area contributed by atoms with E-state index in [1.54, 1.807) is 0 Å². The van der Waals surface area contributed by atoms with Gasteiger partial charge in [0.2, 0.25) is 0 Å². The summed E-state index contributed by atoms with van der Waals surface area (Å²) in [6.07, 6.45) is 61.7. The zero-order valence-corrected chi connectivity index (χ0v) is 59.3. The maximum atomic E-state index is 12.8. The summed E-state index contributed by atoms with van der Waals surface area (Å²) in [5.74, 6) is -3.13. The molecule has 89 heavy (non-hydrogen) atoms. The Morgan fingerprint density at radius 1 is 0.303 bits per heavy atom. The molecular formula is C72H114CaO14S2. The van der Waals surface area contributed by atoms with Crippen LogP contribution in [0.5, 0.6) is 0 Å². The number of benzene rings is 2. The molecule has 0 saturated heterocycles. The molecule has 0 heterocycles. The third kappa shape index (κ3) is 47.0. The van der Waals surface area contributed by atoms with E-state index in [0.717, 1.165) is 165 Å². The number of ether oxygens (including phenoxy) is 4. The van der Waals surface area contributed by atoms with Crippen LogP contribution in [0, 0.1) is 0 Å². The van der Waals surface area contributed by atoms with Crippen molar-refractivity contribution in [2.24, 2.45) is 0 Å². The fourth-order valence-electron chi connectivity index (χ4n) is 9.86. The van der Waals surface area contributed by atoms with Gasteiger partial charge in [-0.1, -0.05) is 230 Å². The molecule has 500 valence electrons. The van der Waals surface area contributed by atoms with Crippen molar-refractivity contribution >= 4 is 81.9 Å². The SMILES string of the molecule is CC/C=C/CCCCCCCCCCOC(=O)c1ccc(S(=O)(=O)[O-])cc1C(=O)OCCCCCCCCCC/C=C/CC.CC/C=C/CCCCCCCCCCOC(=O)c1ccc(S(=O)(=O)[O-])cc1C(=O)OCCCCCCCCCC/C=C/CC.[Ca+2]. The first-order valence-corrected chi connectivity index (χ1v) is 36.9. The Labute approximate surface area is 569 Å². The smallest absolute Gasteiger partial charge is 0.744 e. The molecule has 0 fully saturated rings. The van der Waals surface area contributed by atoms with Gasteiger partial charge in [-0.05, 0) is 139 Å². The van der Waals surface area contributed by atoms with Gasteiger partial charge in [0.25, 0.3) is 0 Å². The van der Waals surface area contributed by atoms with Crippen LogP contribution in [0.1, 0.15) is 326 Å². The molecule has 2 aromatic carbocycles. The topological polar surface area (TPSA) is 220 Å². The summed E-state index contributed by atoms with van der Waals surface area (Å²) in [5.41, 5.74) is -0.709. The molecule has 0 radical (unpaired) electrons. The molecule has 0 amide bonds. The predicted molar refractivity (Wildman–Crippen MR) is 360 cm³/mol. The van der Waals surface area contributed by atoms with Gasteiger partial charge in [-0.3, -0.25) is 0 Å². The van der Waals surface area contributed by atoms with Gasteiger partial charge >= 0.3 is 61.6 Å². The monoisotopic (exact) mass is 1310 g/mol. The second-order valence-electron chi connectivity index (χ2n) is 22.9. The van der Waals surface area contributed by atoms with Crippen LogP contribution in [0.2, 0.25) is 0 Å². The Bertz CT molecular complexity index is 2330. The number of hydrogen-bond acceptors (Lipinski definition) is 14. The minimum absolute atomic E-state index is 0. The Morgan fingerprint density at radius 2 is 0.494 bits per heavy atom. The Kier molecular flexibility index (Phi) is 55.8. The molecule has 14 nitrogen and oxygen atoms in total. The van der Waals surface area contributed by atoms with Crippen LogP contribution in [0.3, 0.4) is 0 Å². The molecular weight excluding hydrogens is 1190 g/mol. The normalized spacial score (nSPS) is 11.8. The van der Waals surface area contributed by atoms with Crippen molar-refractivity contribution in [1.29, 1.82) is 0 Å². The number of carbonyl (C=O) groups is 4. The van der Waals surface area contributed by atoms with Gasteiger partial charge in [-0.15, -0.1) is 0 Å². The summed E-state index contributed by atoms with van der Waals surface area (Å²) in [4.78, 5) is 50.0. The summed E-state index contributed by atoms with van der Waals surface area (Å²) >= 11 is 0. The first-order valence-electron chi connectivity index (χ1n) is 34.1. The molecule has 0 N–H and O–H groups in total. The minimum atomic E-state index is -4.81. The maximum Gasteiger partial charge on any atom is 2.00 e. The molecule has 0 bridgehead atoms. The minimum Gasteiger partial charge on any atom is -0.744 e. The summed E-state index contributed by atoms with van der Waals surface area (Å²) < 4.78 is 90.8.